The molecule has 0 bridgehead atoms. The molecule has 40 heavy (non-hydrogen) atoms. The first-order chi connectivity index (χ1) is 18.8. The van der Waals surface area contributed by atoms with E-state index in [9.17, 15) is 27.1 Å². The van der Waals surface area contributed by atoms with E-state index >= 15 is 0 Å². The van der Waals surface area contributed by atoms with Gasteiger partial charge in [-0.1, -0.05) is 30.3 Å². The number of carboxylic acids is 1. The maximum absolute atomic E-state index is 12.6. The van der Waals surface area contributed by atoms with Crippen molar-refractivity contribution in [1.29, 1.82) is 0 Å². The van der Waals surface area contributed by atoms with E-state index in [-0.39, 0.29) is 6.42 Å². The third-order valence-electron chi connectivity index (χ3n) is 8.04. The molecule has 1 fully saturated rings. The first kappa shape index (κ1) is 28.1. The second kappa shape index (κ2) is 10.2. The van der Waals surface area contributed by atoms with Crippen molar-refractivity contribution in [3.8, 4) is 22.3 Å². The summed E-state index contributed by atoms with van der Waals surface area (Å²) in [6, 6.07) is 18.8. The van der Waals surface area contributed by atoms with Gasteiger partial charge in [-0.05, 0) is 73.7 Å². The highest BCUT2D eigenvalue weighted by Crippen LogP contribution is 2.59. The number of nitrogens with zero attached hydrogens (tertiary/aromatic N) is 2. The smallest absolute Gasteiger partial charge is 0.303 e. The lowest BCUT2D eigenvalue weighted by molar-refractivity contribution is -0.138. The van der Waals surface area contributed by atoms with Crippen LogP contribution in [0.15, 0.2) is 73.1 Å². The first-order valence-corrected chi connectivity index (χ1v) is 15.9. The Bertz CT molecular complexity index is 1750. The summed E-state index contributed by atoms with van der Waals surface area (Å²) in [5, 5.41) is 9.27. The number of pyridine rings is 2. The summed E-state index contributed by atoms with van der Waals surface area (Å²) in [5.74, 6) is -0.993. The Balaban J connectivity index is 1.55. The van der Waals surface area contributed by atoms with Gasteiger partial charge in [0, 0.05) is 40.6 Å². The van der Waals surface area contributed by atoms with Gasteiger partial charge in [0.15, 0.2) is 20.9 Å². The Morgan fingerprint density at radius 2 is 1.75 bits per heavy atom. The largest absolute Gasteiger partial charge is 0.481 e. The zero-order chi connectivity index (χ0) is 28.9. The topological polar surface area (TPSA) is 135 Å². The number of hydrogen-bond donors (Lipinski definition) is 2. The van der Waals surface area contributed by atoms with Crippen LogP contribution < -0.4 is 0 Å². The van der Waals surface area contributed by atoms with Crippen LogP contribution in [-0.2, 0) is 30.5 Å². The molecule has 2 unspecified atom stereocenters. The van der Waals surface area contributed by atoms with Crippen LogP contribution in [0.4, 0.5) is 0 Å². The van der Waals surface area contributed by atoms with Crippen LogP contribution >= 0.6 is 0 Å². The van der Waals surface area contributed by atoms with E-state index in [0.29, 0.717) is 24.1 Å². The molecule has 0 radical (unpaired) electrons. The second-order valence-electron chi connectivity index (χ2n) is 11.0. The lowest BCUT2D eigenvalue weighted by Crippen LogP contribution is -2.28. The molecule has 1 saturated carbocycles. The van der Waals surface area contributed by atoms with Gasteiger partial charge in [-0.3, -0.25) is 14.8 Å². The highest BCUT2D eigenvalue weighted by molar-refractivity contribution is 7.91. The molecule has 1 aliphatic carbocycles. The van der Waals surface area contributed by atoms with Gasteiger partial charge in [-0.2, -0.15) is 0 Å². The Labute approximate surface area is 235 Å². The number of fused-ring (bicyclic) bond motifs is 1. The van der Waals surface area contributed by atoms with E-state index < -0.39 is 42.3 Å². The van der Waals surface area contributed by atoms with Gasteiger partial charge >= 0.3 is 5.97 Å². The van der Waals surface area contributed by atoms with Crippen molar-refractivity contribution in [3.05, 3.63) is 84.3 Å². The Morgan fingerprint density at radius 3 is 2.35 bits per heavy atom. The fourth-order valence-corrected chi connectivity index (χ4v) is 6.83. The number of carbonyl (C=O) groups is 1. The zero-order valence-corrected chi connectivity index (χ0v) is 24.0. The molecule has 4 aromatic rings. The van der Waals surface area contributed by atoms with E-state index in [4.69, 9.17) is 0 Å². The van der Waals surface area contributed by atoms with Crippen LogP contribution in [0, 0.1) is 5.41 Å². The summed E-state index contributed by atoms with van der Waals surface area (Å²) in [5.41, 5.74) is 4.34. The quantitative estimate of drug-likeness (QED) is 0.239. The molecular formula is C30H30N2O6S2. The summed E-state index contributed by atoms with van der Waals surface area (Å²) in [6.45, 7) is 3.39. The molecule has 2 aromatic carbocycles. The van der Waals surface area contributed by atoms with Crippen LogP contribution in [0.1, 0.15) is 49.6 Å². The average molecular weight is 579 g/mol. The summed E-state index contributed by atoms with van der Waals surface area (Å²) in [4.78, 5) is 20.4. The van der Waals surface area contributed by atoms with Crippen LogP contribution in [0.2, 0.25) is 0 Å². The normalized spacial score (nSPS) is 16.4. The summed E-state index contributed by atoms with van der Waals surface area (Å²) in [7, 11) is -3.41. The average Bonchev–Trinajstić information content (AvgIpc) is 3.66. The van der Waals surface area contributed by atoms with Crippen molar-refractivity contribution in [1.82, 2.24) is 9.97 Å². The van der Waals surface area contributed by atoms with Gasteiger partial charge < -0.3 is 9.66 Å². The lowest BCUT2D eigenvalue weighted by atomic mass is 9.92. The summed E-state index contributed by atoms with van der Waals surface area (Å²) >= 11 is -2.26. The fraction of sp³-hybridized carbons (Fsp3) is 0.300. The molecule has 0 aliphatic heterocycles. The zero-order valence-electron chi connectivity index (χ0n) is 22.4. The van der Waals surface area contributed by atoms with Gasteiger partial charge in [0.25, 0.3) is 0 Å². The van der Waals surface area contributed by atoms with Gasteiger partial charge in [-0.25, -0.2) is 12.6 Å². The molecular weight excluding hydrogens is 548 g/mol. The molecule has 2 atom stereocenters. The van der Waals surface area contributed by atoms with Crippen LogP contribution in [-0.4, -0.2) is 44.5 Å². The highest BCUT2D eigenvalue weighted by atomic mass is 32.2. The molecule has 10 heteroatoms. The molecule has 2 heterocycles. The SMILES string of the molecule is CC(C)(c1cc(-c2cccc(-c3ccc(C(S(=O)O)C4(CC(=O)O)CC4)nc3)c2)c2ncccc2c1)S(C)(=O)=O. The van der Waals surface area contributed by atoms with E-state index in [2.05, 4.69) is 9.97 Å². The van der Waals surface area contributed by atoms with Crippen molar-refractivity contribution in [2.45, 2.75) is 43.1 Å². The lowest BCUT2D eigenvalue weighted by Gasteiger charge is -2.24. The monoisotopic (exact) mass is 578 g/mol. The maximum Gasteiger partial charge on any atom is 0.303 e. The Morgan fingerprint density at radius 1 is 1.02 bits per heavy atom. The van der Waals surface area contributed by atoms with E-state index in [1.807, 2.05) is 54.6 Å². The third kappa shape index (κ3) is 5.18. The maximum atomic E-state index is 12.6. The van der Waals surface area contributed by atoms with E-state index in [1.54, 1.807) is 32.3 Å². The highest BCUT2D eigenvalue weighted by Gasteiger charge is 2.54. The van der Waals surface area contributed by atoms with Crippen LogP contribution in [0.5, 0.6) is 0 Å². The predicted molar refractivity (Wildman–Crippen MR) is 156 cm³/mol. The summed E-state index contributed by atoms with van der Waals surface area (Å²) in [6.07, 6.45) is 5.54. The molecule has 2 aromatic heterocycles. The van der Waals surface area contributed by atoms with Gasteiger partial charge in [-0.15, -0.1) is 0 Å². The molecule has 5 rings (SSSR count). The van der Waals surface area contributed by atoms with Gasteiger partial charge in [0.2, 0.25) is 0 Å². The molecule has 0 spiro atoms. The number of benzene rings is 2. The number of aromatic nitrogens is 2. The first-order valence-electron chi connectivity index (χ1n) is 12.8. The van der Waals surface area contributed by atoms with Crippen molar-refractivity contribution in [3.63, 3.8) is 0 Å². The standard InChI is InChI=1S/C30H30N2O6S2/c1-29(2,40(3,37)38)23-15-21-8-5-13-31-27(21)24(16-23)20-7-4-6-19(14-20)22-9-10-25(32-18-22)28(39(35)36)30(11-12-30)17-26(33)34/h4-10,13-16,18,28H,11-12,17H2,1-3H3,(H,33,34)(H,35,36). The van der Waals surface area contributed by atoms with Crippen molar-refractivity contribution in [2.24, 2.45) is 5.41 Å². The van der Waals surface area contributed by atoms with Crippen LogP contribution in [0.3, 0.4) is 0 Å². The molecule has 208 valence electrons. The van der Waals surface area contributed by atoms with Crippen LogP contribution in [0.25, 0.3) is 33.2 Å². The Hall–Kier alpha value is -3.47. The Kier molecular flexibility index (Phi) is 7.14. The van der Waals surface area contributed by atoms with Crippen molar-refractivity contribution < 1.29 is 27.1 Å². The minimum Gasteiger partial charge on any atom is -0.481 e. The second-order valence-corrected chi connectivity index (χ2v) is 14.6. The molecule has 0 amide bonds. The van der Waals surface area contributed by atoms with Gasteiger partial charge in [0.1, 0.15) is 5.25 Å². The number of aliphatic carboxylic acids is 1. The predicted octanol–water partition coefficient (Wildman–Crippen LogP) is 5.76. The minimum absolute atomic E-state index is 0.174. The number of rotatable bonds is 9. The number of carboxylic acid groups (broad SMARTS) is 1. The molecule has 0 saturated heterocycles. The number of hydrogen-bond acceptors (Lipinski definition) is 6. The fourth-order valence-electron chi connectivity index (χ4n) is 5.20. The van der Waals surface area contributed by atoms with E-state index in [0.717, 1.165) is 33.2 Å². The minimum atomic E-state index is -3.41. The van der Waals surface area contributed by atoms with E-state index in [1.165, 1.54) is 6.26 Å². The molecule has 1 aliphatic rings. The number of sulfone groups is 1. The van der Waals surface area contributed by atoms with Crippen molar-refractivity contribution >= 4 is 37.8 Å². The van der Waals surface area contributed by atoms with Crippen molar-refractivity contribution in [2.75, 3.05) is 6.26 Å². The third-order valence-corrected chi connectivity index (χ3v) is 11.3. The summed E-state index contributed by atoms with van der Waals surface area (Å²) < 4.78 is 46.4. The van der Waals surface area contributed by atoms with Gasteiger partial charge in [0.05, 0.1) is 22.4 Å². The molecule has 8 nitrogen and oxygen atoms in total. The molecule has 2 N–H and O–H groups in total.